The van der Waals surface area contributed by atoms with Gasteiger partial charge in [0.25, 0.3) is 5.69 Å². The smallest absolute Gasteiger partial charge is 0.275 e. The third kappa shape index (κ3) is 4.07. The van der Waals surface area contributed by atoms with Crippen LogP contribution in [0.4, 0.5) is 11.4 Å². The Balaban J connectivity index is 2.28. The molecule has 6 nitrogen and oxygen atoms in total. The highest BCUT2D eigenvalue weighted by atomic mass is 16.6. The van der Waals surface area contributed by atoms with Gasteiger partial charge in [0.05, 0.1) is 17.1 Å². The quantitative estimate of drug-likeness (QED) is 0.667. The van der Waals surface area contributed by atoms with Gasteiger partial charge in [0.2, 0.25) is 0 Å². The van der Waals surface area contributed by atoms with Crippen LogP contribution in [0.15, 0.2) is 18.2 Å². The number of piperidine rings is 1. The number of ether oxygens (including phenoxy) is 1. The molecule has 2 rings (SSSR count). The molecule has 0 bridgehead atoms. The van der Waals surface area contributed by atoms with E-state index in [1.807, 2.05) is 19.9 Å². The summed E-state index contributed by atoms with van der Waals surface area (Å²) in [6, 6.07) is 4.87. The van der Waals surface area contributed by atoms with E-state index in [2.05, 4.69) is 4.90 Å². The highest BCUT2D eigenvalue weighted by Gasteiger charge is 2.22. The maximum atomic E-state index is 11.1. The molecule has 0 aromatic heterocycles. The first-order valence-electron chi connectivity index (χ1n) is 7.31. The Morgan fingerprint density at radius 3 is 2.86 bits per heavy atom. The third-order valence-corrected chi connectivity index (χ3v) is 3.60. The Morgan fingerprint density at radius 2 is 2.24 bits per heavy atom. The molecular weight excluding hydrogens is 272 g/mol. The number of benzene rings is 1. The molecule has 116 valence electrons. The van der Waals surface area contributed by atoms with Crippen molar-refractivity contribution in [1.82, 2.24) is 0 Å². The van der Waals surface area contributed by atoms with Gasteiger partial charge < -0.3 is 14.7 Å². The lowest BCUT2D eigenvalue weighted by atomic mass is 9.98. The van der Waals surface area contributed by atoms with Crippen molar-refractivity contribution in [1.29, 1.82) is 0 Å². The van der Waals surface area contributed by atoms with E-state index < -0.39 is 4.92 Å². The van der Waals surface area contributed by atoms with E-state index in [-0.39, 0.29) is 24.3 Å². The summed E-state index contributed by atoms with van der Waals surface area (Å²) >= 11 is 0. The molecule has 0 aliphatic carbocycles. The van der Waals surface area contributed by atoms with Gasteiger partial charge in [-0.05, 0) is 32.6 Å². The number of nitro groups is 1. The molecule has 21 heavy (non-hydrogen) atoms. The molecule has 6 heteroatoms. The molecule has 1 heterocycles. The van der Waals surface area contributed by atoms with Crippen LogP contribution in [-0.2, 0) is 0 Å². The number of aliphatic hydroxyl groups excluding tert-OH is 1. The second-order valence-electron chi connectivity index (χ2n) is 5.75. The van der Waals surface area contributed by atoms with Gasteiger partial charge in [-0.15, -0.1) is 0 Å². The summed E-state index contributed by atoms with van der Waals surface area (Å²) in [6.45, 7) is 5.50. The molecule has 1 unspecified atom stereocenters. The predicted octanol–water partition coefficient (Wildman–Crippen LogP) is 2.59. The van der Waals surface area contributed by atoms with Crippen LogP contribution in [0.3, 0.4) is 0 Å². The van der Waals surface area contributed by atoms with Gasteiger partial charge in [-0.2, -0.15) is 0 Å². The Labute approximate surface area is 124 Å². The maximum Gasteiger partial charge on any atom is 0.275 e. The average Bonchev–Trinajstić information content (AvgIpc) is 2.46. The first-order chi connectivity index (χ1) is 9.99. The van der Waals surface area contributed by atoms with E-state index in [1.54, 1.807) is 6.07 Å². The van der Waals surface area contributed by atoms with Crippen molar-refractivity contribution >= 4 is 11.4 Å². The molecule has 1 atom stereocenters. The van der Waals surface area contributed by atoms with Gasteiger partial charge in [0.1, 0.15) is 5.75 Å². The van der Waals surface area contributed by atoms with Crippen LogP contribution in [0.25, 0.3) is 0 Å². The molecule has 1 aromatic carbocycles. The van der Waals surface area contributed by atoms with Crippen LogP contribution in [0, 0.1) is 16.0 Å². The fraction of sp³-hybridized carbons (Fsp3) is 0.600. The monoisotopic (exact) mass is 294 g/mol. The average molecular weight is 294 g/mol. The lowest BCUT2D eigenvalue weighted by Gasteiger charge is -2.33. The first kappa shape index (κ1) is 15.6. The van der Waals surface area contributed by atoms with E-state index in [4.69, 9.17) is 4.74 Å². The number of rotatable bonds is 5. The van der Waals surface area contributed by atoms with Crippen LogP contribution >= 0.6 is 0 Å². The van der Waals surface area contributed by atoms with Crippen LogP contribution < -0.4 is 9.64 Å². The topological polar surface area (TPSA) is 75.8 Å². The summed E-state index contributed by atoms with van der Waals surface area (Å²) < 4.78 is 5.61. The van der Waals surface area contributed by atoms with E-state index in [0.717, 1.165) is 31.6 Å². The van der Waals surface area contributed by atoms with Crippen LogP contribution in [-0.4, -0.2) is 35.8 Å². The molecule has 0 amide bonds. The van der Waals surface area contributed by atoms with E-state index in [0.29, 0.717) is 5.75 Å². The molecule has 1 saturated heterocycles. The molecule has 1 fully saturated rings. The van der Waals surface area contributed by atoms with Crippen molar-refractivity contribution in [2.75, 3.05) is 24.6 Å². The minimum Gasteiger partial charge on any atom is -0.491 e. The summed E-state index contributed by atoms with van der Waals surface area (Å²) in [6.07, 6.45) is 1.94. The lowest BCUT2D eigenvalue weighted by Crippen LogP contribution is -2.36. The number of aliphatic hydroxyl groups is 1. The van der Waals surface area contributed by atoms with Crippen LogP contribution in [0.1, 0.15) is 26.7 Å². The summed E-state index contributed by atoms with van der Waals surface area (Å²) in [5, 5.41) is 20.4. The predicted molar refractivity (Wildman–Crippen MR) is 80.9 cm³/mol. The molecule has 0 radical (unpaired) electrons. The van der Waals surface area contributed by atoms with Gasteiger partial charge in [-0.3, -0.25) is 10.1 Å². The number of anilines is 1. The van der Waals surface area contributed by atoms with E-state index in [1.165, 1.54) is 6.07 Å². The molecule has 0 saturated carbocycles. The normalized spacial score (nSPS) is 18.9. The summed E-state index contributed by atoms with van der Waals surface area (Å²) in [7, 11) is 0. The molecular formula is C15H22N2O4. The number of non-ortho nitro benzene ring substituents is 1. The van der Waals surface area contributed by atoms with Crippen molar-refractivity contribution < 1.29 is 14.8 Å². The van der Waals surface area contributed by atoms with Gasteiger partial charge in [-0.25, -0.2) is 0 Å². The van der Waals surface area contributed by atoms with Crippen molar-refractivity contribution in [3.8, 4) is 5.75 Å². The Kier molecular flexibility index (Phi) is 5.01. The van der Waals surface area contributed by atoms with E-state index >= 15 is 0 Å². The highest BCUT2D eigenvalue weighted by Crippen LogP contribution is 2.31. The Morgan fingerprint density at radius 1 is 1.48 bits per heavy atom. The fourth-order valence-electron chi connectivity index (χ4n) is 2.64. The third-order valence-electron chi connectivity index (χ3n) is 3.60. The number of nitro benzene ring substituents is 1. The first-order valence-corrected chi connectivity index (χ1v) is 7.31. The maximum absolute atomic E-state index is 11.1. The summed E-state index contributed by atoms with van der Waals surface area (Å²) in [5.41, 5.74) is 0.826. The minimum absolute atomic E-state index is 0.0357. The molecule has 1 aliphatic rings. The lowest BCUT2D eigenvalue weighted by molar-refractivity contribution is -0.384. The van der Waals surface area contributed by atoms with Crippen molar-refractivity contribution in [2.45, 2.75) is 32.8 Å². The zero-order valence-corrected chi connectivity index (χ0v) is 12.5. The Bertz CT molecular complexity index is 504. The Hall–Kier alpha value is -1.82. The largest absolute Gasteiger partial charge is 0.491 e. The molecule has 1 aliphatic heterocycles. The van der Waals surface area contributed by atoms with Crippen LogP contribution in [0.2, 0.25) is 0 Å². The molecule has 1 aromatic rings. The summed E-state index contributed by atoms with van der Waals surface area (Å²) in [4.78, 5) is 12.8. The zero-order chi connectivity index (χ0) is 15.4. The van der Waals surface area contributed by atoms with Crippen molar-refractivity contribution in [3.63, 3.8) is 0 Å². The van der Waals surface area contributed by atoms with Gasteiger partial charge in [0.15, 0.2) is 0 Å². The standard InChI is InChI=1S/C15H22N2O4/c1-11(2)21-15-7-13(6-14(8-15)17(19)20)16-5-3-4-12(9-16)10-18/h6-8,11-12,18H,3-5,9-10H2,1-2H3. The van der Waals surface area contributed by atoms with E-state index in [9.17, 15) is 15.2 Å². The minimum atomic E-state index is -0.399. The molecule has 1 N–H and O–H groups in total. The second kappa shape index (κ2) is 6.76. The van der Waals surface area contributed by atoms with Gasteiger partial charge in [0, 0.05) is 37.5 Å². The number of nitrogens with zero attached hydrogens (tertiary/aromatic N) is 2. The fourth-order valence-corrected chi connectivity index (χ4v) is 2.64. The van der Waals surface area contributed by atoms with Gasteiger partial charge in [-0.1, -0.05) is 0 Å². The zero-order valence-electron chi connectivity index (χ0n) is 12.5. The molecule has 0 spiro atoms. The van der Waals surface area contributed by atoms with Crippen molar-refractivity contribution in [3.05, 3.63) is 28.3 Å². The number of hydrogen-bond acceptors (Lipinski definition) is 5. The SMILES string of the molecule is CC(C)Oc1cc(N2CCCC(CO)C2)cc([N+](=O)[O-])c1. The highest BCUT2D eigenvalue weighted by molar-refractivity contribution is 5.58. The van der Waals surface area contributed by atoms with Gasteiger partial charge >= 0.3 is 0 Å². The summed E-state index contributed by atoms with van der Waals surface area (Å²) in [5.74, 6) is 0.743. The van der Waals surface area contributed by atoms with Crippen molar-refractivity contribution in [2.24, 2.45) is 5.92 Å². The second-order valence-corrected chi connectivity index (χ2v) is 5.75. The number of hydrogen-bond donors (Lipinski definition) is 1. The van der Waals surface area contributed by atoms with Crippen LogP contribution in [0.5, 0.6) is 5.75 Å².